The molecule has 0 aliphatic heterocycles. The van der Waals surface area contributed by atoms with Crippen LogP contribution in [0.3, 0.4) is 0 Å². The van der Waals surface area contributed by atoms with Crippen LogP contribution in [0.2, 0.25) is 0 Å². The monoisotopic (exact) mass is 1280 g/mol. The highest BCUT2D eigenvalue weighted by molar-refractivity contribution is 5.98. The quantitative estimate of drug-likeness (QED) is 0.0344. The van der Waals surface area contributed by atoms with Gasteiger partial charge in [0.05, 0.1) is 12.6 Å². The Morgan fingerprint density at radius 2 is 0.933 bits per heavy atom. The number of allylic oxidation sites excluding steroid dienone is 1. The van der Waals surface area contributed by atoms with Gasteiger partial charge >= 0.3 is 11.9 Å². The first-order valence-electron chi connectivity index (χ1n) is 31.3. The molecule has 26 nitrogen and oxygen atoms in total. The Morgan fingerprint density at radius 1 is 0.500 bits per heavy atom. The summed E-state index contributed by atoms with van der Waals surface area (Å²) < 4.78 is 16.5. The lowest BCUT2D eigenvalue weighted by Crippen LogP contribution is -2.61. The van der Waals surface area contributed by atoms with Gasteiger partial charge in [-0.05, 0) is 101 Å². The van der Waals surface area contributed by atoms with E-state index in [1.54, 1.807) is 41.5 Å². The summed E-state index contributed by atoms with van der Waals surface area (Å²) in [6.07, 6.45) is 1.96. The Bertz CT molecular complexity index is 2440. The number of halogens is 1. The maximum absolute atomic E-state index is 14.6. The van der Waals surface area contributed by atoms with E-state index >= 15 is 0 Å². The first-order chi connectivity index (χ1) is 41.6. The number of esters is 1. The number of aliphatic hydroxyl groups is 1. The predicted octanol–water partition coefficient (Wildman–Crippen LogP) is 2.55. The van der Waals surface area contributed by atoms with Crippen LogP contribution < -0.4 is 26.6 Å². The van der Waals surface area contributed by atoms with Crippen LogP contribution in [0.1, 0.15) is 149 Å². The largest absolute Gasteiger partial charge is 0.480 e. The van der Waals surface area contributed by atoms with Gasteiger partial charge in [0.2, 0.25) is 65.9 Å². The van der Waals surface area contributed by atoms with Crippen molar-refractivity contribution in [2.45, 2.75) is 216 Å². The summed E-state index contributed by atoms with van der Waals surface area (Å²) in [5.74, 6) is -10.8. The van der Waals surface area contributed by atoms with Crippen molar-refractivity contribution in [1.29, 1.82) is 0 Å². The number of hydrogen-bond acceptors (Lipinski definition) is 15. The van der Waals surface area contributed by atoms with Gasteiger partial charge in [0.15, 0.2) is 0 Å². The number of carbonyl (C=O) groups excluding carboxylic acids is 11. The number of amides is 10. The maximum Gasteiger partial charge on any atom is 0.332 e. The van der Waals surface area contributed by atoms with Gasteiger partial charge in [0, 0.05) is 48.4 Å². The molecule has 0 aromatic carbocycles. The maximum atomic E-state index is 14.6. The van der Waals surface area contributed by atoms with Gasteiger partial charge in [0.1, 0.15) is 60.4 Å². The molecule has 0 aromatic heterocycles. The lowest BCUT2D eigenvalue weighted by molar-refractivity contribution is -0.157. The third-order valence-corrected chi connectivity index (χ3v) is 15.9. The molecule has 0 aliphatic carbocycles. The Hall–Kier alpha value is -6.77. The normalized spacial score (nSPS) is 15.7. The van der Waals surface area contributed by atoms with Crippen LogP contribution >= 0.6 is 0 Å². The molecular formula is C63H112FN11O15. The molecule has 0 rings (SSSR count). The highest BCUT2D eigenvalue weighted by Gasteiger charge is 2.42. The van der Waals surface area contributed by atoms with E-state index in [1.165, 1.54) is 88.9 Å². The first kappa shape index (κ1) is 83.2. The molecule has 0 heterocycles. The van der Waals surface area contributed by atoms with Gasteiger partial charge in [-0.3, -0.25) is 47.9 Å². The second kappa shape index (κ2) is 39.5. The van der Waals surface area contributed by atoms with E-state index < -0.39 is 169 Å². The number of likely N-dealkylation sites (N-methyl/N-ethyl adjacent to an activating group) is 7. The molecule has 7 N–H and O–H groups in total. The number of nitrogens with zero attached hydrogens (tertiary/aromatic N) is 6. The van der Waals surface area contributed by atoms with E-state index in [-0.39, 0.29) is 62.2 Å². The highest BCUT2D eigenvalue weighted by atomic mass is 19.1. The standard InChI is InChI=1S/C63H112FN11O15/c1-24-43(68-57(82)51(65-17)53(78)40(14)26-25-27-49(77)90-33-64)59(84)70(18)32-48(76)71(19)44(28-34(2)3)56(81)69-50(38(10)11)62(87)72(20)45(29-35(4)5)55(80)66-41(15)54(79)67-42(16)58(83)73(21)46(30-36(6)7)60(85)74(22)47(31-37(8)9)61(86)75(23)52(39(12)13)63(88)89/h25,27,34-47,50-53,65,78H,24,26,28-33H2,1-23H3,(H,66,80)(H,67,79)(H,68,82)(H,69,81)(H,88,89)/b27-25+/t40-,41-,42-,43?,44+,45+,46+,47+,50+,51?,52+,53-/m1/s1. The van der Waals surface area contributed by atoms with E-state index in [2.05, 4.69) is 31.3 Å². The fourth-order valence-corrected chi connectivity index (χ4v) is 10.4. The Kier molecular flexibility index (Phi) is 36.5. The van der Waals surface area contributed by atoms with Gasteiger partial charge < -0.3 is 70.9 Å². The van der Waals surface area contributed by atoms with E-state index in [9.17, 15) is 72.1 Å². The molecule has 0 spiro atoms. The number of hydrogen-bond donors (Lipinski definition) is 7. The minimum absolute atomic E-state index is 0.0827. The van der Waals surface area contributed by atoms with E-state index in [4.69, 9.17) is 0 Å². The van der Waals surface area contributed by atoms with Crippen molar-refractivity contribution in [2.24, 2.45) is 41.4 Å². The van der Waals surface area contributed by atoms with Crippen LogP contribution in [-0.2, 0) is 62.3 Å². The predicted molar refractivity (Wildman–Crippen MR) is 339 cm³/mol. The van der Waals surface area contributed by atoms with Crippen LogP contribution in [0.25, 0.3) is 0 Å². The van der Waals surface area contributed by atoms with Crippen LogP contribution in [0.15, 0.2) is 12.2 Å². The van der Waals surface area contributed by atoms with Gasteiger partial charge in [0.25, 0.3) is 0 Å². The molecule has 0 saturated heterocycles. The fraction of sp³-hybridized carbons (Fsp3) is 0.778. The molecule has 12 atom stereocenters. The SMILES string of the molecule is CCC(NC(=O)C(NC)[C@H](O)[C@H](C)C/C=C/C(=O)OCF)C(=O)N(C)CC(=O)N(C)[C@@H](CC(C)C)C(=O)N[C@H](C(=O)N(C)[C@@H](CC(C)C)C(=O)N[C@H](C)C(=O)N[C@H](C)C(=O)N(C)[C@@H](CC(C)C)C(=O)N(C)[C@@H](CC(C)C)C(=O)N(C)[C@H](C(=O)O)C(C)C)C(C)C. The number of carboxylic acids is 1. The second-order valence-electron chi connectivity index (χ2n) is 26.2. The molecule has 2 unspecified atom stereocenters. The smallest absolute Gasteiger partial charge is 0.332 e. The van der Waals surface area contributed by atoms with Crippen molar-refractivity contribution in [1.82, 2.24) is 56.0 Å². The van der Waals surface area contributed by atoms with Crippen molar-refractivity contribution < 1.29 is 76.9 Å². The summed E-state index contributed by atoms with van der Waals surface area (Å²) in [7, 11) is 9.87. The molecule has 10 amide bonds. The number of carboxylic acid groups (broad SMARTS) is 1. The zero-order valence-corrected chi connectivity index (χ0v) is 58.0. The average molecular weight is 1280 g/mol. The summed E-state index contributed by atoms with van der Waals surface area (Å²) in [5, 5.41) is 34.5. The number of rotatable bonds is 39. The first-order valence-corrected chi connectivity index (χ1v) is 31.3. The molecule has 27 heteroatoms. The number of aliphatic carboxylic acids is 1. The van der Waals surface area contributed by atoms with Crippen molar-refractivity contribution in [2.75, 3.05) is 62.7 Å². The van der Waals surface area contributed by atoms with Crippen molar-refractivity contribution in [3.63, 3.8) is 0 Å². The zero-order valence-electron chi connectivity index (χ0n) is 58.0. The zero-order chi connectivity index (χ0) is 70.1. The van der Waals surface area contributed by atoms with Crippen LogP contribution in [0, 0.1) is 41.4 Å². The minimum atomic E-state index is -1.30. The number of carbonyl (C=O) groups is 12. The van der Waals surface area contributed by atoms with Gasteiger partial charge in [-0.25, -0.2) is 14.0 Å². The van der Waals surface area contributed by atoms with E-state index in [0.29, 0.717) is 0 Å². The Morgan fingerprint density at radius 3 is 1.37 bits per heavy atom. The Labute approximate surface area is 534 Å². The molecule has 516 valence electrons. The molecule has 0 aliphatic rings. The van der Waals surface area contributed by atoms with E-state index in [0.717, 1.165) is 15.9 Å². The summed E-state index contributed by atoms with van der Waals surface area (Å²) >= 11 is 0. The molecule has 0 fully saturated rings. The number of nitrogens with one attached hydrogen (secondary N) is 5. The summed E-state index contributed by atoms with van der Waals surface area (Å²) in [6, 6.07) is -11.7. The minimum Gasteiger partial charge on any atom is -0.480 e. The molecular weight excluding hydrogens is 1170 g/mol. The van der Waals surface area contributed by atoms with Crippen molar-refractivity contribution in [3.8, 4) is 0 Å². The number of aliphatic hydroxyl groups excluding tert-OH is 1. The Balaban J connectivity index is 6.48. The molecule has 0 saturated carbocycles. The average Bonchev–Trinajstić information content (AvgIpc) is 0.909. The topological polar surface area (TPSA) is 334 Å². The summed E-state index contributed by atoms with van der Waals surface area (Å²) in [5.41, 5.74) is 0. The van der Waals surface area contributed by atoms with Crippen LogP contribution in [0.5, 0.6) is 0 Å². The lowest BCUT2D eigenvalue weighted by atomic mass is 9.93. The van der Waals surface area contributed by atoms with Crippen molar-refractivity contribution >= 4 is 71.0 Å². The molecule has 0 aromatic rings. The fourth-order valence-electron chi connectivity index (χ4n) is 10.4. The van der Waals surface area contributed by atoms with Gasteiger partial charge in [-0.15, -0.1) is 0 Å². The number of ether oxygens (including phenoxy) is 1. The van der Waals surface area contributed by atoms with Crippen LogP contribution in [-0.4, -0.2) is 240 Å². The van der Waals surface area contributed by atoms with Crippen molar-refractivity contribution in [3.05, 3.63) is 12.2 Å². The summed E-state index contributed by atoms with van der Waals surface area (Å²) in [4.78, 5) is 172. The van der Waals surface area contributed by atoms with Gasteiger partial charge in [-0.1, -0.05) is 103 Å². The lowest BCUT2D eigenvalue weighted by Gasteiger charge is -2.39. The molecule has 0 radical (unpaired) electrons. The van der Waals surface area contributed by atoms with E-state index in [1.807, 2.05) is 55.4 Å². The third-order valence-electron chi connectivity index (χ3n) is 15.9. The number of alkyl halides is 1. The van der Waals surface area contributed by atoms with Gasteiger partial charge in [-0.2, -0.15) is 0 Å². The van der Waals surface area contributed by atoms with Crippen LogP contribution in [0.4, 0.5) is 4.39 Å². The summed E-state index contributed by atoms with van der Waals surface area (Å²) in [6.45, 7) is 25.8. The molecule has 90 heavy (non-hydrogen) atoms. The third kappa shape index (κ3) is 25.8. The second-order valence-corrected chi connectivity index (χ2v) is 26.2. The molecule has 0 bridgehead atoms. The highest BCUT2D eigenvalue weighted by Crippen LogP contribution is 2.23.